The average Bonchev–Trinajstić information content (AvgIpc) is 2.78. The summed E-state index contributed by atoms with van der Waals surface area (Å²) in [6, 6.07) is 7.87. The number of pyridine rings is 1. The highest BCUT2D eigenvalue weighted by molar-refractivity contribution is 6.29. The van der Waals surface area contributed by atoms with Gasteiger partial charge in [0.1, 0.15) is 5.15 Å². The zero-order valence-corrected chi connectivity index (χ0v) is 9.35. The van der Waals surface area contributed by atoms with Gasteiger partial charge in [-0.25, -0.2) is 4.98 Å². The minimum absolute atomic E-state index is 0.510. The summed E-state index contributed by atoms with van der Waals surface area (Å²) < 4.78 is 2.21. The molecule has 1 aliphatic heterocycles. The zero-order chi connectivity index (χ0) is 11.0. The first-order valence-electron chi connectivity index (χ1n) is 5.16. The Hall–Kier alpha value is -1.61. The summed E-state index contributed by atoms with van der Waals surface area (Å²) in [7, 11) is 0. The van der Waals surface area contributed by atoms with E-state index in [9.17, 15) is 0 Å². The van der Waals surface area contributed by atoms with Crippen LogP contribution in [0, 0.1) is 0 Å². The van der Waals surface area contributed by atoms with E-state index >= 15 is 0 Å². The number of aliphatic imine (C=N–C) groups is 1. The van der Waals surface area contributed by atoms with Crippen LogP contribution in [0.4, 0.5) is 0 Å². The molecule has 16 heavy (non-hydrogen) atoms. The summed E-state index contributed by atoms with van der Waals surface area (Å²) in [5, 5.41) is 0.510. The lowest BCUT2D eigenvalue weighted by atomic mass is 10.1. The Kier molecular flexibility index (Phi) is 2.26. The molecular formula is C12H10ClN3. The van der Waals surface area contributed by atoms with Gasteiger partial charge in [-0.15, -0.1) is 0 Å². The summed E-state index contributed by atoms with van der Waals surface area (Å²) in [5.74, 6) is 0. The molecular weight excluding hydrogens is 222 g/mol. The van der Waals surface area contributed by atoms with Gasteiger partial charge >= 0.3 is 0 Å². The summed E-state index contributed by atoms with van der Waals surface area (Å²) in [6.45, 7) is 1.77. The summed E-state index contributed by atoms with van der Waals surface area (Å²) in [4.78, 5) is 8.64. The van der Waals surface area contributed by atoms with Gasteiger partial charge in [0, 0.05) is 24.5 Å². The second-order valence-electron chi connectivity index (χ2n) is 3.69. The maximum atomic E-state index is 5.77. The molecule has 2 aromatic heterocycles. The second-order valence-corrected chi connectivity index (χ2v) is 4.07. The first-order chi connectivity index (χ1) is 7.84. The molecule has 0 unspecified atom stereocenters. The molecule has 0 fully saturated rings. The molecule has 1 aliphatic rings. The number of rotatable bonds is 1. The molecule has 3 nitrogen and oxygen atoms in total. The van der Waals surface area contributed by atoms with E-state index in [0.717, 1.165) is 30.1 Å². The van der Waals surface area contributed by atoms with Crippen LogP contribution in [0.15, 0.2) is 41.7 Å². The molecule has 0 radical (unpaired) electrons. The average molecular weight is 232 g/mol. The number of hydrogen-bond donors (Lipinski definition) is 0. The van der Waals surface area contributed by atoms with Crippen LogP contribution in [0.5, 0.6) is 0 Å². The van der Waals surface area contributed by atoms with Crippen molar-refractivity contribution in [3.05, 3.63) is 53.1 Å². The van der Waals surface area contributed by atoms with Crippen LogP contribution in [0.1, 0.15) is 11.3 Å². The van der Waals surface area contributed by atoms with E-state index in [1.54, 1.807) is 12.3 Å². The van der Waals surface area contributed by atoms with Crippen molar-refractivity contribution in [2.24, 2.45) is 4.99 Å². The molecule has 4 heteroatoms. The monoisotopic (exact) mass is 231 g/mol. The van der Waals surface area contributed by atoms with Crippen LogP contribution in [-0.4, -0.2) is 21.8 Å². The highest BCUT2D eigenvalue weighted by atomic mass is 35.5. The molecule has 0 saturated heterocycles. The lowest BCUT2D eigenvalue weighted by molar-refractivity contribution is 0.690. The van der Waals surface area contributed by atoms with Crippen LogP contribution >= 0.6 is 11.6 Å². The first kappa shape index (κ1) is 9.60. The van der Waals surface area contributed by atoms with Crippen LogP contribution in [0.3, 0.4) is 0 Å². The SMILES string of the molecule is Clc1ccc(C2=NCCn3cccc32)cn1. The molecule has 0 aliphatic carbocycles. The van der Waals surface area contributed by atoms with E-state index in [-0.39, 0.29) is 0 Å². The van der Waals surface area contributed by atoms with Crippen molar-refractivity contribution >= 4 is 17.3 Å². The van der Waals surface area contributed by atoms with Crippen LogP contribution in [0.2, 0.25) is 5.15 Å². The lowest BCUT2D eigenvalue weighted by Crippen LogP contribution is -2.18. The van der Waals surface area contributed by atoms with Crippen molar-refractivity contribution in [1.82, 2.24) is 9.55 Å². The zero-order valence-electron chi connectivity index (χ0n) is 8.60. The number of halogens is 1. The third-order valence-electron chi connectivity index (χ3n) is 2.68. The summed E-state index contributed by atoms with van der Waals surface area (Å²) >= 11 is 5.77. The van der Waals surface area contributed by atoms with Crippen LogP contribution < -0.4 is 0 Å². The Morgan fingerprint density at radius 3 is 3.00 bits per heavy atom. The van der Waals surface area contributed by atoms with Gasteiger partial charge in [-0.1, -0.05) is 11.6 Å². The normalized spacial score (nSPS) is 14.4. The fourth-order valence-electron chi connectivity index (χ4n) is 1.93. The number of hydrogen-bond acceptors (Lipinski definition) is 2. The number of aromatic nitrogens is 2. The molecule has 3 rings (SSSR count). The molecule has 0 aromatic carbocycles. The van der Waals surface area contributed by atoms with Crippen molar-refractivity contribution in [2.45, 2.75) is 6.54 Å². The fraction of sp³-hybridized carbons (Fsp3) is 0.167. The Morgan fingerprint density at radius 1 is 1.25 bits per heavy atom. The molecule has 0 saturated carbocycles. The van der Waals surface area contributed by atoms with Crippen LogP contribution in [-0.2, 0) is 6.54 Å². The first-order valence-corrected chi connectivity index (χ1v) is 5.54. The van der Waals surface area contributed by atoms with E-state index in [2.05, 4.69) is 26.8 Å². The minimum Gasteiger partial charge on any atom is -0.344 e. The van der Waals surface area contributed by atoms with Crippen LogP contribution in [0.25, 0.3) is 0 Å². The maximum absolute atomic E-state index is 5.77. The molecule has 3 heterocycles. The maximum Gasteiger partial charge on any atom is 0.129 e. The van der Waals surface area contributed by atoms with E-state index in [1.807, 2.05) is 12.1 Å². The van der Waals surface area contributed by atoms with Gasteiger partial charge in [0.05, 0.1) is 18.0 Å². The third-order valence-corrected chi connectivity index (χ3v) is 2.91. The molecule has 0 bridgehead atoms. The minimum atomic E-state index is 0.510. The fourth-order valence-corrected chi connectivity index (χ4v) is 2.04. The molecule has 0 N–H and O–H groups in total. The third kappa shape index (κ3) is 1.53. The predicted molar refractivity (Wildman–Crippen MR) is 64.2 cm³/mol. The van der Waals surface area contributed by atoms with Crippen molar-refractivity contribution in [1.29, 1.82) is 0 Å². The summed E-state index contributed by atoms with van der Waals surface area (Å²) in [5.41, 5.74) is 3.17. The quantitative estimate of drug-likeness (QED) is 0.693. The van der Waals surface area contributed by atoms with Gasteiger partial charge in [0.25, 0.3) is 0 Å². The highest BCUT2D eigenvalue weighted by Crippen LogP contribution is 2.16. The molecule has 2 aromatic rings. The summed E-state index contributed by atoms with van der Waals surface area (Å²) in [6.07, 6.45) is 3.84. The molecule has 0 spiro atoms. The molecule has 0 amide bonds. The highest BCUT2D eigenvalue weighted by Gasteiger charge is 2.14. The standard InChI is InChI=1S/C12H10ClN3/c13-11-4-3-9(8-15-11)12-10-2-1-6-16(10)7-5-14-12/h1-4,6,8H,5,7H2. The van der Waals surface area contributed by atoms with E-state index in [4.69, 9.17) is 11.6 Å². The van der Waals surface area contributed by atoms with Crippen molar-refractivity contribution in [3.63, 3.8) is 0 Å². The lowest BCUT2D eigenvalue weighted by Gasteiger charge is -2.16. The van der Waals surface area contributed by atoms with Crippen molar-refractivity contribution in [3.8, 4) is 0 Å². The van der Waals surface area contributed by atoms with Gasteiger partial charge < -0.3 is 4.57 Å². The second kappa shape index (κ2) is 3.76. The van der Waals surface area contributed by atoms with Gasteiger partial charge in [-0.2, -0.15) is 0 Å². The smallest absolute Gasteiger partial charge is 0.129 e. The molecule has 80 valence electrons. The topological polar surface area (TPSA) is 30.2 Å². The number of nitrogens with zero attached hydrogens (tertiary/aromatic N) is 3. The number of fused-ring (bicyclic) bond motifs is 1. The predicted octanol–water partition coefficient (Wildman–Crippen LogP) is 2.39. The largest absolute Gasteiger partial charge is 0.344 e. The van der Waals surface area contributed by atoms with Gasteiger partial charge in [-0.05, 0) is 24.3 Å². The van der Waals surface area contributed by atoms with Gasteiger partial charge in [-0.3, -0.25) is 4.99 Å². The van der Waals surface area contributed by atoms with E-state index in [1.165, 1.54) is 0 Å². The van der Waals surface area contributed by atoms with Crippen molar-refractivity contribution in [2.75, 3.05) is 6.54 Å². The van der Waals surface area contributed by atoms with Crippen molar-refractivity contribution < 1.29 is 0 Å². The van der Waals surface area contributed by atoms with Gasteiger partial charge in [0.15, 0.2) is 0 Å². The van der Waals surface area contributed by atoms with E-state index in [0.29, 0.717) is 5.15 Å². The Bertz CT molecular complexity index is 540. The Balaban J connectivity index is 2.08. The molecule has 0 atom stereocenters. The Labute approximate surface area is 98.4 Å². The van der Waals surface area contributed by atoms with E-state index < -0.39 is 0 Å². The van der Waals surface area contributed by atoms with Gasteiger partial charge in [0.2, 0.25) is 0 Å². The Morgan fingerprint density at radius 2 is 2.19 bits per heavy atom.